The van der Waals surface area contributed by atoms with Crippen molar-refractivity contribution in [2.24, 2.45) is 0 Å². The van der Waals surface area contributed by atoms with Crippen LogP contribution >= 0.6 is 0 Å². The standard InChI is InChI=1S/C16H17NO3S/c1-13(18)17-12-16(14-8-4-2-5-9-14)21(19,20)15-10-6-3-7-11-15/h2-11,16H,12H2,1H3,(H,17,18)/t16-/m1/s1. The second-order valence-corrected chi connectivity index (χ2v) is 6.82. The average molecular weight is 303 g/mol. The van der Waals surface area contributed by atoms with Crippen LogP contribution in [0.25, 0.3) is 0 Å². The lowest BCUT2D eigenvalue weighted by molar-refractivity contribution is -0.118. The van der Waals surface area contributed by atoms with Crippen LogP contribution in [0.4, 0.5) is 0 Å². The number of rotatable bonds is 5. The topological polar surface area (TPSA) is 63.2 Å². The number of hydrogen-bond acceptors (Lipinski definition) is 3. The van der Waals surface area contributed by atoms with Gasteiger partial charge in [-0.2, -0.15) is 0 Å². The molecule has 0 aliphatic carbocycles. The first-order chi connectivity index (χ1) is 10.0. The number of amides is 1. The van der Waals surface area contributed by atoms with Gasteiger partial charge in [0.25, 0.3) is 0 Å². The zero-order valence-electron chi connectivity index (χ0n) is 11.7. The molecule has 2 rings (SSSR count). The number of benzene rings is 2. The SMILES string of the molecule is CC(=O)NC[C@H](c1ccccc1)S(=O)(=O)c1ccccc1. The Balaban J connectivity index is 2.42. The predicted molar refractivity (Wildman–Crippen MR) is 81.5 cm³/mol. The molecule has 0 radical (unpaired) electrons. The molecular formula is C16H17NO3S. The number of sulfone groups is 1. The summed E-state index contributed by atoms with van der Waals surface area (Å²) in [7, 11) is -3.56. The van der Waals surface area contributed by atoms with Crippen LogP contribution in [0.2, 0.25) is 0 Å². The van der Waals surface area contributed by atoms with Crippen molar-refractivity contribution in [2.75, 3.05) is 6.54 Å². The van der Waals surface area contributed by atoms with E-state index in [0.717, 1.165) is 0 Å². The van der Waals surface area contributed by atoms with Gasteiger partial charge in [0.15, 0.2) is 9.84 Å². The van der Waals surface area contributed by atoms with Crippen molar-refractivity contribution in [3.63, 3.8) is 0 Å². The molecule has 21 heavy (non-hydrogen) atoms. The average Bonchev–Trinajstić information content (AvgIpc) is 2.49. The fourth-order valence-corrected chi connectivity index (χ4v) is 3.77. The van der Waals surface area contributed by atoms with E-state index in [-0.39, 0.29) is 17.3 Å². The summed E-state index contributed by atoms with van der Waals surface area (Å²) in [6, 6.07) is 17.2. The van der Waals surface area contributed by atoms with Crippen molar-refractivity contribution < 1.29 is 13.2 Å². The van der Waals surface area contributed by atoms with Gasteiger partial charge < -0.3 is 5.32 Å². The zero-order valence-corrected chi connectivity index (χ0v) is 12.5. The van der Waals surface area contributed by atoms with Crippen LogP contribution in [-0.4, -0.2) is 20.9 Å². The summed E-state index contributed by atoms with van der Waals surface area (Å²) in [5, 5.41) is 1.80. The summed E-state index contributed by atoms with van der Waals surface area (Å²) in [6.45, 7) is 1.42. The van der Waals surface area contributed by atoms with Crippen LogP contribution in [0, 0.1) is 0 Å². The summed E-state index contributed by atoms with van der Waals surface area (Å²) in [6.07, 6.45) is 0. The summed E-state index contributed by atoms with van der Waals surface area (Å²) in [5.74, 6) is -0.251. The molecule has 1 amide bonds. The van der Waals surface area contributed by atoms with Gasteiger partial charge in [-0.05, 0) is 17.7 Å². The lowest BCUT2D eigenvalue weighted by Crippen LogP contribution is -2.30. The molecule has 110 valence electrons. The molecule has 0 aromatic heterocycles. The quantitative estimate of drug-likeness (QED) is 0.922. The van der Waals surface area contributed by atoms with Gasteiger partial charge in [0.05, 0.1) is 4.90 Å². The minimum Gasteiger partial charge on any atom is -0.355 e. The van der Waals surface area contributed by atoms with Crippen molar-refractivity contribution in [1.82, 2.24) is 5.32 Å². The van der Waals surface area contributed by atoms with Crippen LogP contribution in [0.5, 0.6) is 0 Å². The van der Waals surface area contributed by atoms with Gasteiger partial charge in [-0.25, -0.2) is 8.42 Å². The fourth-order valence-electron chi connectivity index (χ4n) is 2.09. The molecule has 2 aromatic carbocycles. The molecule has 1 N–H and O–H groups in total. The third-order valence-electron chi connectivity index (χ3n) is 3.15. The minimum atomic E-state index is -3.56. The molecule has 0 fully saturated rings. The van der Waals surface area contributed by atoms with Gasteiger partial charge in [0, 0.05) is 13.5 Å². The van der Waals surface area contributed by atoms with E-state index in [1.54, 1.807) is 54.6 Å². The van der Waals surface area contributed by atoms with Crippen molar-refractivity contribution >= 4 is 15.7 Å². The minimum absolute atomic E-state index is 0.0522. The summed E-state index contributed by atoms with van der Waals surface area (Å²) >= 11 is 0. The van der Waals surface area contributed by atoms with Gasteiger partial charge in [0.1, 0.15) is 5.25 Å². The lowest BCUT2D eigenvalue weighted by atomic mass is 10.1. The van der Waals surface area contributed by atoms with E-state index in [2.05, 4.69) is 5.32 Å². The van der Waals surface area contributed by atoms with Gasteiger partial charge in [-0.3, -0.25) is 4.79 Å². The van der Waals surface area contributed by atoms with E-state index >= 15 is 0 Å². The maximum atomic E-state index is 12.8. The second kappa shape index (κ2) is 6.54. The smallest absolute Gasteiger partial charge is 0.216 e. The molecule has 0 saturated heterocycles. The van der Waals surface area contributed by atoms with Crippen molar-refractivity contribution in [2.45, 2.75) is 17.1 Å². The molecule has 4 nitrogen and oxygen atoms in total. The zero-order chi connectivity index (χ0) is 15.3. The molecule has 5 heteroatoms. The summed E-state index contributed by atoms with van der Waals surface area (Å²) < 4.78 is 25.6. The maximum Gasteiger partial charge on any atom is 0.216 e. The Hall–Kier alpha value is -2.14. The number of carbonyl (C=O) groups is 1. The van der Waals surface area contributed by atoms with Gasteiger partial charge in [-0.1, -0.05) is 48.5 Å². The van der Waals surface area contributed by atoms with Crippen LogP contribution in [0.15, 0.2) is 65.6 Å². The Bertz CT molecular complexity index is 697. The van der Waals surface area contributed by atoms with Gasteiger partial charge >= 0.3 is 0 Å². The van der Waals surface area contributed by atoms with E-state index in [9.17, 15) is 13.2 Å². The first-order valence-corrected chi connectivity index (χ1v) is 8.15. The Labute approximate surface area is 124 Å². The highest BCUT2D eigenvalue weighted by atomic mass is 32.2. The summed E-state index contributed by atoms with van der Waals surface area (Å²) in [4.78, 5) is 11.4. The molecule has 0 heterocycles. The first kappa shape index (κ1) is 15.3. The van der Waals surface area contributed by atoms with Crippen LogP contribution in [0.1, 0.15) is 17.7 Å². The highest BCUT2D eigenvalue weighted by Crippen LogP contribution is 2.28. The third kappa shape index (κ3) is 3.70. The van der Waals surface area contributed by atoms with E-state index < -0.39 is 15.1 Å². The van der Waals surface area contributed by atoms with Crippen molar-refractivity contribution in [1.29, 1.82) is 0 Å². The number of carbonyl (C=O) groups excluding carboxylic acids is 1. The van der Waals surface area contributed by atoms with Crippen LogP contribution in [0.3, 0.4) is 0 Å². The van der Waals surface area contributed by atoms with E-state index in [1.165, 1.54) is 6.92 Å². The van der Waals surface area contributed by atoms with E-state index in [0.29, 0.717) is 5.56 Å². The maximum absolute atomic E-state index is 12.8. The number of hydrogen-bond donors (Lipinski definition) is 1. The Morgan fingerprint density at radius 2 is 1.52 bits per heavy atom. The molecule has 0 spiro atoms. The van der Waals surface area contributed by atoms with Gasteiger partial charge in [-0.15, -0.1) is 0 Å². The second-order valence-electron chi connectivity index (χ2n) is 4.69. The highest BCUT2D eigenvalue weighted by molar-refractivity contribution is 7.91. The molecule has 0 saturated carbocycles. The Kier molecular flexibility index (Phi) is 4.75. The van der Waals surface area contributed by atoms with Gasteiger partial charge in [0.2, 0.25) is 5.91 Å². The molecule has 0 aliphatic rings. The van der Waals surface area contributed by atoms with Crippen molar-refractivity contribution in [3.8, 4) is 0 Å². The Morgan fingerprint density at radius 1 is 1.00 bits per heavy atom. The molecule has 0 bridgehead atoms. The Morgan fingerprint density at radius 3 is 2.05 bits per heavy atom. The number of nitrogens with one attached hydrogen (secondary N) is 1. The largest absolute Gasteiger partial charge is 0.355 e. The van der Waals surface area contributed by atoms with E-state index in [1.807, 2.05) is 6.07 Å². The van der Waals surface area contributed by atoms with Crippen LogP contribution in [-0.2, 0) is 14.6 Å². The fraction of sp³-hybridized carbons (Fsp3) is 0.188. The third-order valence-corrected chi connectivity index (χ3v) is 5.27. The van der Waals surface area contributed by atoms with E-state index in [4.69, 9.17) is 0 Å². The summed E-state index contributed by atoms with van der Waals surface area (Å²) in [5.41, 5.74) is 0.662. The lowest BCUT2D eigenvalue weighted by Gasteiger charge is -2.18. The van der Waals surface area contributed by atoms with Crippen LogP contribution < -0.4 is 5.32 Å². The van der Waals surface area contributed by atoms with Crippen molar-refractivity contribution in [3.05, 3.63) is 66.2 Å². The normalized spacial score (nSPS) is 12.6. The highest BCUT2D eigenvalue weighted by Gasteiger charge is 2.28. The molecule has 1 atom stereocenters. The predicted octanol–water partition coefficient (Wildman–Crippen LogP) is 2.34. The monoisotopic (exact) mass is 303 g/mol. The molecule has 2 aromatic rings. The molecule has 0 aliphatic heterocycles. The molecule has 0 unspecified atom stereocenters. The first-order valence-electron chi connectivity index (χ1n) is 6.60. The molecular weight excluding hydrogens is 286 g/mol.